The highest BCUT2D eigenvalue weighted by atomic mass is 32.1. The molecule has 0 spiro atoms. The maximum Gasteiger partial charge on any atom is 0.263 e. The molecule has 1 atom stereocenters. The molecule has 8 heteroatoms. The Bertz CT molecular complexity index is 1270. The number of methoxy groups -OCH3 is 1. The number of amides is 1. The summed E-state index contributed by atoms with van der Waals surface area (Å²) < 4.78 is 6.34. The third-order valence-electron chi connectivity index (χ3n) is 5.17. The molecule has 7 nitrogen and oxygen atoms in total. The fourth-order valence-corrected chi connectivity index (χ4v) is 4.64. The summed E-state index contributed by atoms with van der Waals surface area (Å²) in [4.78, 5) is 22.1. The standard InChI is InChI=1S/C23H21N5O2S/c1-13-10-24-20-18-9-16(6-7-19(18)31-21(20)22(29)27-13)28-23-25-11-15(12-26-23)14-4-3-5-17(8-14)30-2/h3-9,11-13,24H,10H2,1-2H3,(H,27,29)(H,25,26,28). The maximum atomic E-state index is 12.5. The highest BCUT2D eigenvalue weighted by molar-refractivity contribution is 7.21. The maximum absolute atomic E-state index is 12.5. The van der Waals surface area contributed by atoms with Gasteiger partial charge in [-0.3, -0.25) is 4.79 Å². The molecule has 4 aromatic rings. The van der Waals surface area contributed by atoms with Crippen molar-refractivity contribution >= 4 is 44.7 Å². The Kier molecular flexibility index (Phi) is 4.91. The first-order valence-corrected chi connectivity index (χ1v) is 10.8. The molecule has 2 aromatic carbocycles. The first-order chi connectivity index (χ1) is 15.1. The molecule has 0 bridgehead atoms. The first kappa shape index (κ1) is 19.3. The molecule has 156 valence electrons. The van der Waals surface area contributed by atoms with Gasteiger partial charge in [-0.15, -0.1) is 11.3 Å². The Hall–Kier alpha value is -3.65. The SMILES string of the molecule is COc1cccc(-c2cnc(Nc3ccc4sc5c(c4c3)NCC(C)NC5=O)nc2)c1. The van der Waals surface area contributed by atoms with E-state index in [1.54, 1.807) is 19.5 Å². The van der Waals surface area contributed by atoms with Gasteiger partial charge in [0.1, 0.15) is 10.6 Å². The number of thiophene rings is 1. The van der Waals surface area contributed by atoms with Gasteiger partial charge in [-0.05, 0) is 42.8 Å². The monoisotopic (exact) mass is 431 g/mol. The average molecular weight is 432 g/mol. The molecule has 0 aliphatic carbocycles. The van der Waals surface area contributed by atoms with Crippen LogP contribution in [0.1, 0.15) is 16.6 Å². The summed E-state index contributed by atoms with van der Waals surface area (Å²) >= 11 is 1.50. The topological polar surface area (TPSA) is 88.2 Å². The molecule has 1 aliphatic heterocycles. The number of nitrogens with one attached hydrogen (secondary N) is 3. The number of aromatic nitrogens is 2. The van der Waals surface area contributed by atoms with E-state index in [4.69, 9.17) is 4.74 Å². The number of rotatable bonds is 4. The van der Waals surface area contributed by atoms with Crippen LogP contribution in [0, 0.1) is 0 Å². The van der Waals surface area contributed by atoms with Crippen LogP contribution in [0.2, 0.25) is 0 Å². The third kappa shape index (κ3) is 3.77. The summed E-state index contributed by atoms with van der Waals surface area (Å²) in [5, 5.41) is 10.7. The van der Waals surface area contributed by atoms with Gasteiger partial charge >= 0.3 is 0 Å². The number of hydrogen-bond donors (Lipinski definition) is 3. The molecular weight excluding hydrogens is 410 g/mol. The molecule has 0 saturated heterocycles. The minimum Gasteiger partial charge on any atom is -0.497 e. The molecule has 2 aromatic heterocycles. The summed E-state index contributed by atoms with van der Waals surface area (Å²) in [6.45, 7) is 2.68. The summed E-state index contributed by atoms with van der Waals surface area (Å²) in [6.07, 6.45) is 3.57. The quantitative estimate of drug-likeness (QED) is 0.436. The van der Waals surface area contributed by atoms with Crippen molar-refractivity contribution in [1.29, 1.82) is 0 Å². The zero-order valence-electron chi connectivity index (χ0n) is 17.1. The fourth-order valence-electron chi connectivity index (χ4n) is 3.58. The minimum atomic E-state index is -0.0281. The second-order valence-corrected chi connectivity index (χ2v) is 8.48. The molecule has 3 N–H and O–H groups in total. The van der Waals surface area contributed by atoms with E-state index >= 15 is 0 Å². The summed E-state index contributed by atoms with van der Waals surface area (Å²) in [5.41, 5.74) is 3.65. The van der Waals surface area contributed by atoms with Crippen molar-refractivity contribution in [2.45, 2.75) is 13.0 Å². The van der Waals surface area contributed by atoms with Gasteiger partial charge in [0.2, 0.25) is 5.95 Å². The van der Waals surface area contributed by atoms with E-state index in [0.29, 0.717) is 12.5 Å². The normalized spacial score (nSPS) is 15.5. The molecule has 0 radical (unpaired) electrons. The van der Waals surface area contributed by atoms with Crippen LogP contribution in [0.3, 0.4) is 0 Å². The Labute approximate surface area is 183 Å². The van der Waals surface area contributed by atoms with E-state index in [1.165, 1.54) is 11.3 Å². The number of ether oxygens (including phenoxy) is 1. The largest absolute Gasteiger partial charge is 0.497 e. The van der Waals surface area contributed by atoms with E-state index in [0.717, 1.165) is 43.2 Å². The van der Waals surface area contributed by atoms with Crippen molar-refractivity contribution in [2.75, 3.05) is 24.3 Å². The van der Waals surface area contributed by atoms with Crippen LogP contribution in [0.15, 0.2) is 54.9 Å². The van der Waals surface area contributed by atoms with Crippen molar-refractivity contribution in [3.8, 4) is 16.9 Å². The molecule has 31 heavy (non-hydrogen) atoms. The molecule has 3 heterocycles. The van der Waals surface area contributed by atoms with Crippen LogP contribution in [0.4, 0.5) is 17.3 Å². The predicted molar refractivity (Wildman–Crippen MR) is 125 cm³/mol. The number of carbonyl (C=O) groups excluding carboxylic acids is 1. The Morgan fingerprint density at radius 1 is 1.13 bits per heavy atom. The summed E-state index contributed by atoms with van der Waals surface area (Å²) in [6, 6.07) is 13.9. The van der Waals surface area contributed by atoms with Gasteiger partial charge in [-0.25, -0.2) is 9.97 Å². The number of anilines is 3. The van der Waals surface area contributed by atoms with E-state index in [9.17, 15) is 4.79 Å². The van der Waals surface area contributed by atoms with Gasteiger partial charge < -0.3 is 20.7 Å². The molecule has 1 aliphatic rings. The van der Waals surface area contributed by atoms with Crippen molar-refractivity contribution < 1.29 is 9.53 Å². The fraction of sp³-hybridized carbons (Fsp3) is 0.174. The molecule has 0 saturated carbocycles. The molecule has 5 rings (SSSR count). The summed E-state index contributed by atoms with van der Waals surface area (Å²) in [5.74, 6) is 1.27. The zero-order chi connectivity index (χ0) is 21.4. The second kappa shape index (κ2) is 7.88. The van der Waals surface area contributed by atoms with E-state index < -0.39 is 0 Å². The van der Waals surface area contributed by atoms with Crippen LogP contribution in [-0.4, -0.2) is 35.6 Å². The van der Waals surface area contributed by atoms with E-state index in [-0.39, 0.29) is 11.9 Å². The smallest absolute Gasteiger partial charge is 0.263 e. The lowest BCUT2D eigenvalue weighted by Gasteiger charge is -2.10. The lowest BCUT2D eigenvalue weighted by Crippen LogP contribution is -2.34. The predicted octanol–water partition coefficient (Wildman–Crippen LogP) is 4.65. The Morgan fingerprint density at radius 3 is 2.77 bits per heavy atom. The minimum absolute atomic E-state index is 0.0281. The van der Waals surface area contributed by atoms with Crippen molar-refractivity contribution in [2.24, 2.45) is 0 Å². The van der Waals surface area contributed by atoms with Crippen molar-refractivity contribution in [3.63, 3.8) is 0 Å². The van der Waals surface area contributed by atoms with Crippen LogP contribution >= 0.6 is 11.3 Å². The van der Waals surface area contributed by atoms with Gasteiger partial charge in [0.05, 0.1) is 12.8 Å². The number of hydrogen-bond acceptors (Lipinski definition) is 7. The van der Waals surface area contributed by atoms with Crippen molar-refractivity contribution in [1.82, 2.24) is 15.3 Å². The average Bonchev–Trinajstić information content (AvgIpc) is 3.09. The zero-order valence-corrected chi connectivity index (χ0v) is 17.9. The molecular formula is C23H21N5O2S. The summed E-state index contributed by atoms with van der Waals surface area (Å²) in [7, 11) is 1.65. The van der Waals surface area contributed by atoms with Gasteiger partial charge in [0.25, 0.3) is 5.91 Å². The van der Waals surface area contributed by atoms with Crippen LogP contribution in [-0.2, 0) is 0 Å². The van der Waals surface area contributed by atoms with Crippen LogP contribution in [0.5, 0.6) is 5.75 Å². The molecule has 1 amide bonds. The number of fused-ring (bicyclic) bond motifs is 3. The molecule has 1 unspecified atom stereocenters. The Balaban J connectivity index is 1.41. The lowest BCUT2D eigenvalue weighted by molar-refractivity contribution is 0.0949. The number of nitrogens with zero attached hydrogens (tertiary/aromatic N) is 2. The van der Waals surface area contributed by atoms with E-state index in [1.807, 2.05) is 49.4 Å². The third-order valence-corrected chi connectivity index (χ3v) is 6.34. The van der Waals surface area contributed by atoms with Crippen molar-refractivity contribution in [3.05, 3.63) is 59.7 Å². The van der Waals surface area contributed by atoms with E-state index in [2.05, 4.69) is 25.9 Å². The van der Waals surface area contributed by atoms with Crippen LogP contribution < -0.4 is 20.7 Å². The highest BCUT2D eigenvalue weighted by Gasteiger charge is 2.23. The van der Waals surface area contributed by atoms with Gasteiger partial charge in [0, 0.05) is 46.3 Å². The highest BCUT2D eigenvalue weighted by Crippen LogP contribution is 2.38. The molecule has 0 fully saturated rings. The lowest BCUT2D eigenvalue weighted by atomic mass is 10.1. The van der Waals surface area contributed by atoms with Gasteiger partial charge in [-0.1, -0.05) is 12.1 Å². The van der Waals surface area contributed by atoms with Gasteiger partial charge in [0.15, 0.2) is 0 Å². The van der Waals surface area contributed by atoms with Gasteiger partial charge in [-0.2, -0.15) is 0 Å². The second-order valence-electron chi connectivity index (χ2n) is 7.42. The van der Waals surface area contributed by atoms with Crippen LogP contribution in [0.25, 0.3) is 21.2 Å². The number of benzene rings is 2. The number of carbonyl (C=O) groups is 1. The Morgan fingerprint density at radius 2 is 1.97 bits per heavy atom. The first-order valence-electron chi connectivity index (χ1n) is 9.95.